The molecule has 0 aromatic rings. The van der Waals surface area contributed by atoms with Gasteiger partial charge in [-0.3, -0.25) is 9.80 Å². The van der Waals surface area contributed by atoms with E-state index >= 15 is 0 Å². The molecule has 0 aliphatic carbocycles. The number of nitrogens with one attached hydrogen (secondary N) is 1. The summed E-state index contributed by atoms with van der Waals surface area (Å²) >= 11 is 0. The Morgan fingerprint density at radius 1 is 1.06 bits per heavy atom. The van der Waals surface area contributed by atoms with Gasteiger partial charge in [0, 0.05) is 44.9 Å². The van der Waals surface area contributed by atoms with Gasteiger partial charge in [-0.15, -0.1) is 0 Å². The van der Waals surface area contributed by atoms with Gasteiger partial charge in [0.15, 0.2) is 0 Å². The minimum atomic E-state index is 0.315. The van der Waals surface area contributed by atoms with E-state index in [1.807, 2.05) is 7.05 Å². The maximum Gasteiger partial charge on any atom is 0.0593 e. The minimum Gasteiger partial charge on any atom is -0.380 e. The Labute approximate surface area is 113 Å². The van der Waals surface area contributed by atoms with Crippen molar-refractivity contribution in [3.05, 3.63) is 0 Å². The fraction of sp³-hybridized carbons (Fsp3) is 1.00. The summed E-state index contributed by atoms with van der Waals surface area (Å²) < 4.78 is 5.64. The molecule has 1 fully saturated rings. The van der Waals surface area contributed by atoms with E-state index in [1.165, 1.54) is 26.2 Å². The van der Waals surface area contributed by atoms with Gasteiger partial charge < -0.3 is 10.1 Å². The van der Waals surface area contributed by atoms with Crippen LogP contribution < -0.4 is 5.32 Å². The van der Waals surface area contributed by atoms with Crippen LogP contribution in [0, 0.1) is 0 Å². The highest BCUT2D eigenvalue weighted by Gasteiger charge is 2.25. The third kappa shape index (κ3) is 6.14. The second-order valence-corrected chi connectivity index (χ2v) is 6.07. The lowest BCUT2D eigenvalue weighted by molar-refractivity contribution is 0.0414. The summed E-state index contributed by atoms with van der Waals surface area (Å²) in [5.74, 6) is 0. The molecule has 0 aromatic heterocycles. The molecule has 0 radical (unpaired) electrons. The lowest BCUT2D eigenvalue weighted by Gasteiger charge is -2.42. The van der Waals surface area contributed by atoms with Gasteiger partial charge in [0.2, 0.25) is 0 Å². The highest BCUT2D eigenvalue weighted by Crippen LogP contribution is 2.15. The third-order valence-electron chi connectivity index (χ3n) is 3.59. The average molecular weight is 257 g/mol. The van der Waals surface area contributed by atoms with Gasteiger partial charge in [-0.2, -0.15) is 0 Å². The van der Waals surface area contributed by atoms with Gasteiger partial charge in [0.1, 0.15) is 0 Å². The standard InChI is InChI=1S/C14H31N3O/c1-14(2,3)17-9-7-16(8-10-17)11-13-18-12-5-6-15-4/h15H,5-13H2,1-4H3. The van der Waals surface area contributed by atoms with Crippen molar-refractivity contribution in [2.45, 2.75) is 32.7 Å². The molecule has 1 aliphatic heterocycles. The number of ether oxygens (including phenoxy) is 1. The minimum absolute atomic E-state index is 0.315. The van der Waals surface area contributed by atoms with Crippen molar-refractivity contribution in [3.8, 4) is 0 Å². The summed E-state index contributed by atoms with van der Waals surface area (Å²) in [5.41, 5.74) is 0.315. The zero-order chi connectivity index (χ0) is 13.4. The van der Waals surface area contributed by atoms with Crippen LogP contribution in [0.5, 0.6) is 0 Å². The first-order chi connectivity index (χ1) is 8.54. The van der Waals surface area contributed by atoms with Gasteiger partial charge >= 0.3 is 0 Å². The van der Waals surface area contributed by atoms with Crippen LogP contribution in [0.1, 0.15) is 27.2 Å². The predicted octanol–water partition coefficient (Wildman–Crippen LogP) is 1.03. The molecule has 0 unspecified atom stereocenters. The van der Waals surface area contributed by atoms with Crippen LogP contribution in [-0.4, -0.2) is 74.9 Å². The Morgan fingerprint density at radius 2 is 1.72 bits per heavy atom. The van der Waals surface area contributed by atoms with E-state index in [0.29, 0.717) is 5.54 Å². The summed E-state index contributed by atoms with van der Waals surface area (Å²) in [5, 5.41) is 3.13. The van der Waals surface area contributed by atoms with Crippen molar-refractivity contribution >= 4 is 0 Å². The monoisotopic (exact) mass is 257 g/mol. The van der Waals surface area contributed by atoms with Crippen molar-refractivity contribution in [1.82, 2.24) is 15.1 Å². The summed E-state index contributed by atoms with van der Waals surface area (Å²) in [6.45, 7) is 15.5. The Hall–Kier alpha value is -0.160. The summed E-state index contributed by atoms with van der Waals surface area (Å²) in [6, 6.07) is 0. The van der Waals surface area contributed by atoms with Crippen LogP contribution >= 0.6 is 0 Å². The topological polar surface area (TPSA) is 27.7 Å². The molecular weight excluding hydrogens is 226 g/mol. The van der Waals surface area contributed by atoms with E-state index in [0.717, 1.165) is 32.7 Å². The smallest absolute Gasteiger partial charge is 0.0593 e. The van der Waals surface area contributed by atoms with E-state index in [4.69, 9.17) is 4.74 Å². The van der Waals surface area contributed by atoms with Crippen molar-refractivity contribution in [3.63, 3.8) is 0 Å². The third-order valence-corrected chi connectivity index (χ3v) is 3.59. The molecule has 0 saturated carbocycles. The molecule has 108 valence electrons. The quantitative estimate of drug-likeness (QED) is 0.690. The van der Waals surface area contributed by atoms with Crippen molar-refractivity contribution in [2.24, 2.45) is 0 Å². The Bertz CT molecular complexity index is 208. The van der Waals surface area contributed by atoms with E-state index in [9.17, 15) is 0 Å². The molecule has 0 atom stereocenters. The molecule has 0 bridgehead atoms. The highest BCUT2D eigenvalue weighted by molar-refractivity contribution is 4.81. The highest BCUT2D eigenvalue weighted by atomic mass is 16.5. The van der Waals surface area contributed by atoms with Crippen LogP contribution in [0.2, 0.25) is 0 Å². The molecule has 18 heavy (non-hydrogen) atoms. The van der Waals surface area contributed by atoms with Gasteiger partial charge in [0.25, 0.3) is 0 Å². The van der Waals surface area contributed by atoms with E-state index < -0.39 is 0 Å². The summed E-state index contributed by atoms with van der Waals surface area (Å²) in [6.07, 6.45) is 1.11. The molecule has 1 N–H and O–H groups in total. The Morgan fingerprint density at radius 3 is 2.28 bits per heavy atom. The van der Waals surface area contributed by atoms with Gasteiger partial charge in [0.05, 0.1) is 6.61 Å². The molecule has 1 rings (SSSR count). The first-order valence-corrected chi connectivity index (χ1v) is 7.24. The zero-order valence-corrected chi connectivity index (χ0v) is 12.7. The molecule has 4 heteroatoms. The maximum absolute atomic E-state index is 5.64. The van der Waals surface area contributed by atoms with E-state index in [1.54, 1.807) is 0 Å². The van der Waals surface area contributed by atoms with Gasteiger partial charge in [-0.25, -0.2) is 0 Å². The fourth-order valence-corrected chi connectivity index (χ4v) is 2.29. The van der Waals surface area contributed by atoms with Crippen LogP contribution in [0.4, 0.5) is 0 Å². The van der Waals surface area contributed by atoms with E-state index in [2.05, 4.69) is 35.9 Å². The van der Waals surface area contributed by atoms with Crippen LogP contribution in [0.25, 0.3) is 0 Å². The summed E-state index contributed by atoms with van der Waals surface area (Å²) in [4.78, 5) is 5.08. The molecular formula is C14H31N3O. The summed E-state index contributed by atoms with van der Waals surface area (Å²) in [7, 11) is 1.98. The zero-order valence-electron chi connectivity index (χ0n) is 12.7. The largest absolute Gasteiger partial charge is 0.380 e. The van der Waals surface area contributed by atoms with Crippen LogP contribution in [0.15, 0.2) is 0 Å². The first kappa shape index (κ1) is 15.9. The second kappa shape index (κ2) is 8.10. The number of rotatable bonds is 7. The molecule has 0 amide bonds. The molecule has 1 saturated heterocycles. The molecule has 1 heterocycles. The average Bonchev–Trinajstić information content (AvgIpc) is 2.33. The number of hydrogen-bond acceptors (Lipinski definition) is 4. The number of hydrogen-bond donors (Lipinski definition) is 1. The molecule has 0 aromatic carbocycles. The number of nitrogens with zero attached hydrogens (tertiary/aromatic N) is 2. The normalized spacial score (nSPS) is 19.3. The first-order valence-electron chi connectivity index (χ1n) is 7.24. The molecule has 1 aliphatic rings. The van der Waals surface area contributed by atoms with Gasteiger partial charge in [-0.05, 0) is 40.8 Å². The predicted molar refractivity (Wildman–Crippen MR) is 77.1 cm³/mol. The van der Waals surface area contributed by atoms with Crippen molar-refractivity contribution in [1.29, 1.82) is 0 Å². The van der Waals surface area contributed by atoms with Crippen molar-refractivity contribution < 1.29 is 4.74 Å². The Balaban J connectivity index is 2.02. The molecule has 4 nitrogen and oxygen atoms in total. The Kier molecular flexibility index (Phi) is 7.15. The molecule has 0 spiro atoms. The SMILES string of the molecule is CNCCCOCCN1CCN(C(C)(C)C)CC1. The van der Waals surface area contributed by atoms with Gasteiger partial charge in [-0.1, -0.05) is 0 Å². The van der Waals surface area contributed by atoms with Crippen LogP contribution in [-0.2, 0) is 4.74 Å². The van der Waals surface area contributed by atoms with E-state index in [-0.39, 0.29) is 0 Å². The fourth-order valence-electron chi connectivity index (χ4n) is 2.29. The lowest BCUT2D eigenvalue weighted by atomic mass is 10.1. The van der Waals surface area contributed by atoms with Crippen LogP contribution in [0.3, 0.4) is 0 Å². The lowest BCUT2D eigenvalue weighted by Crippen LogP contribution is -2.53. The number of piperazine rings is 1. The second-order valence-electron chi connectivity index (χ2n) is 6.07. The maximum atomic E-state index is 5.64. The van der Waals surface area contributed by atoms with Crippen molar-refractivity contribution in [2.75, 3.05) is 59.5 Å².